The number of ether oxygens (including phenoxy) is 1. The zero-order valence-electron chi connectivity index (χ0n) is 10.8. The van der Waals surface area contributed by atoms with Crippen molar-refractivity contribution >= 4 is 16.8 Å². The molecule has 0 spiro atoms. The highest BCUT2D eigenvalue weighted by Gasteiger charge is 2.14. The minimum absolute atomic E-state index is 0.187. The minimum atomic E-state index is 0.187. The van der Waals surface area contributed by atoms with Gasteiger partial charge < -0.3 is 13.9 Å². The van der Waals surface area contributed by atoms with Gasteiger partial charge in [0.05, 0.1) is 12.0 Å². The molecule has 0 atom stereocenters. The van der Waals surface area contributed by atoms with Gasteiger partial charge in [0.25, 0.3) is 0 Å². The van der Waals surface area contributed by atoms with Gasteiger partial charge >= 0.3 is 0 Å². The molecule has 1 aromatic heterocycles. The lowest BCUT2D eigenvalue weighted by Gasteiger charge is -2.03. The van der Waals surface area contributed by atoms with Crippen LogP contribution in [0.2, 0.25) is 0 Å². The van der Waals surface area contributed by atoms with Gasteiger partial charge in [0, 0.05) is 6.42 Å². The lowest BCUT2D eigenvalue weighted by molar-refractivity contribution is -0.117. The van der Waals surface area contributed by atoms with Crippen molar-refractivity contribution in [1.82, 2.24) is 0 Å². The summed E-state index contributed by atoms with van der Waals surface area (Å²) in [5.74, 6) is 0.889. The Morgan fingerprint density at radius 2 is 2.16 bits per heavy atom. The van der Waals surface area contributed by atoms with E-state index in [1.807, 2.05) is 24.3 Å². The van der Waals surface area contributed by atoms with Crippen molar-refractivity contribution < 1.29 is 13.9 Å². The summed E-state index contributed by atoms with van der Waals surface area (Å²) < 4.78 is 11.0. The first-order chi connectivity index (χ1) is 9.22. The van der Waals surface area contributed by atoms with E-state index in [0.29, 0.717) is 24.4 Å². The first kappa shape index (κ1) is 13.2. The number of rotatable bonds is 6. The van der Waals surface area contributed by atoms with Gasteiger partial charge in [-0.05, 0) is 31.9 Å². The van der Waals surface area contributed by atoms with Crippen LogP contribution in [-0.2, 0) is 4.79 Å². The van der Waals surface area contributed by atoms with E-state index in [4.69, 9.17) is 14.4 Å². The number of hydrogen-bond donors (Lipinski definition) is 0. The third kappa shape index (κ3) is 3.14. The average Bonchev–Trinajstić information content (AvgIpc) is 2.76. The van der Waals surface area contributed by atoms with E-state index in [9.17, 15) is 4.79 Å². The van der Waals surface area contributed by atoms with Crippen LogP contribution in [0, 0.1) is 11.3 Å². The summed E-state index contributed by atoms with van der Waals surface area (Å²) in [4.78, 5) is 10.8. The molecule has 0 aliphatic heterocycles. The number of unbranched alkanes of at least 4 members (excludes halogenated alkanes) is 1. The monoisotopic (exact) mass is 257 g/mol. The molecule has 0 radical (unpaired) electrons. The number of Topliss-reactive ketones (excluding diaryl/α,β-unsaturated/α-hetero) is 1. The number of ketones is 1. The second-order valence-corrected chi connectivity index (χ2v) is 4.38. The first-order valence-corrected chi connectivity index (χ1v) is 6.26. The molecule has 0 aliphatic carbocycles. The van der Waals surface area contributed by atoms with Crippen LogP contribution >= 0.6 is 0 Å². The number of carbonyl (C=O) groups excluding carboxylic acids is 1. The Morgan fingerprint density at radius 3 is 2.89 bits per heavy atom. The number of para-hydroxylation sites is 1. The van der Waals surface area contributed by atoms with Crippen molar-refractivity contribution in [2.24, 2.45) is 0 Å². The second kappa shape index (κ2) is 6.05. The molecule has 0 saturated heterocycles. The van der Waals surface area contributed by atoms with Crippen molar-refractivity contribution in [3.05, 3.63) is 30.0 Å². The molecular weight excluding hydrogens is 242 g/mol. The normalized spacial score (nSPS) is 10.3. The maximum atomic E-state index is 10.8. The van der Waals surface area contributed by atoms with Crippen LogP contribution in [-0.4, -0.2) is 12.4 Å². The number of carbonyl (C=O) groups is 1. The smallest absolute Gasteiger partial charge is 0.246 e. The van der Waals surface area contributed by atoms with Crippen molar-refractivity contribution in [2.75, 3.05) is 6.61 Å². The number of benzene rings is 1. The molecule has 0 saturated carbocycles. The standard InChI is InChI=1S/C15H15NO3/c1-11(17)6-4-5-9-18-15-12-7-2-3-8-13(12)19-14(15)10-16/h2-3,7-8H,4-6,9H2,1H3. The Morgan fingerprint density at radius 1 is 1.37 bits per heavy atom. The van der Waals surface area contributed by atoms with Gasteiger partial charge in [-0.2, -0.15) is 5.26 Å². The molecule has 1 aromatic carbocycles. The summed E-state index contributed by atoms with van der Waals surface area (Å²) in [5.41, 5.74) is 0.651. The number of furan rings is 1. The second-order valence-electron chi connectivity index (χ2n) is 4.38. The molecule has 0 unspecified atom stereocenters. The maximum Gasteiger partial charge on any atom is 0.246 e. The van der Waals surface area contributed by atoms with Gasteiger partial charge in [0.2, 0.25) is 5.76 Å². The van der Waals surface area contributed by atoms with E-state index < -0.39 is 0 Å². The summed E-state index contributed by atoms with van der Waals surface area (Å²) in [6, 6.07) is 9.40. The predicted molar refractivity (Wildman–Crippen MR) is 71.0 cm³/mol. The number of nitrogens with zero attached hydrogens (tertiary/aromatic N) is 1. The predicted octanol–water partition coefficient (Wildman–Crippen LogP) is 3.44. The molecule has 0 fully saturated rings. The highest BCUT2D eigenvalue weighted by molar-refractivity contribution is 5.86. The van der Waals surface area contributed by atoms with Crippen LogP contribution in [0.15, 0.2) is 28.7 Å². The van der Waals surface area contributed by atoms with Crippen LogP contribution in [0.1, 0.15) is 31.9 Å². The van der Waals surface area contributed by atoms with Gasteiger partial charge in [-0.15, -0.1) is 0 Å². The average molecular weight is 257 g/mol. The fraction of sp³-hybridized carbons (Fsp3) is 0.333. The van der Waals surface area contributed by atoms with E-state index in [1.165, 1.54) is 0 Å². The molecule has 0 N–H and O–H groups in total. The Balaban J connectivity index is 2.03. The van der Waals surface area contributed by atoms with Crippen molar-refractivity contribution in [2.45, 2.75) is 26.2 Å². The van der Waals surface area contributed by atoms with Crippen molar-refractivity contribution in [3.8, 4) is 11.8 Å². The van der Waals surface area contributed by atoms with Crippen molar-refractivity contribution in [3.63, 3.8) is 0 Å². The summed E-state index contributed by atoms with van der Waals surface area (Å²) in [7, 11) is 0. The zero-order valence-corrected chi connectivity index (χ0v) is 10.8. The lowest BCUT2D eigenvalue weighted by Crippen LogP contribution is -1.99. The Bertz CT molecular complexity index is 622. The fourth-order valence-electron chi connectivity index (χ4n) is 1.89. The van der Waals surface area contributed by atoms with E-state index in [1.54, 1.807) is 13.0 Å². The van der Waals surface area contributed by atoms with E-state index in [2.05, 4.69) is 0 Å². The quantitative estimate of drug-likeness (QED) is 0.743. The van der Waals surface area contributed by atoms with Gasteiger partial charge in [-0.3, -0.25) is 0 Å². The number of nitriles is 1. The van der Waals surface area contributed by atoms with E-state index in [0.717, 1.165) is 18.2 Å². The van der Waals surface area contributed by atoms with E-state index >= 15 is 0 Å². The molecule has 0 aliphatic rings. The van der Waals surface area contributed by atoms with Crippen molar-refractivity contribution in [1.29, 1.82) is 5.26 Å². The molecule has 0 bridgehead atoms. The number of fused-ring (bicyclic) bond motifs is 1. The summed E-state index contributed by atoms with van der Waals surface area (Å²) in [6.07, 6.45) is 2.15. The molecular formula is C15H15NO3. The van der Waals surface area contributed by atoms with Gasteiger partial charge in [0.1, 0.15) is 17.4 Å². The zero-order chi connectivity index (χ0) is 13.7. The molecule has 19 heavy (non-hydrogen) atoms. The SMILES string of the molecule is CC(=O)CCCCOc1c(C#N)oc2ccccc12. The summed E-state index contributed by atoms with van der Waals surface area (Å²) in [5, 5.41) is 9.84. The largest absolute Gasteiger partial charge is 0.488 e. The fourth-order valence-corrected chi connectivity index (χ4v) is 1.89. The van der Waals surface area contributed by atoms with Gasteiger partial charge in [0.15, 0.2) is 5.75 Å². The molecule has 2 rings (SSSR count). The minimum Gasteiger partial charge on any atom is -0.488 e. The topological polar surface area (TPSA) is 63.2 Å². The maximum absolute atomic E-state index is 10.8. The van der Waals surface area contributed by atoms with Crippen LogP contribution < -0.4 is 4.74 Å². The van der Waals surface area contributed by atoms with Crippen LogP contribution in [0.4, 0.5) is 0 Å². The summed E-state index contributed by atoms with van der Waals surface area (Å²) in [6.45, 7) is 2.06. The Hall–Kier alpha value is -2.28. The highest BCUT2D eigenvalue weighted by atomic mass is 16.5. The molecule has 2 aromatic rings. The number of hydrogen-bond acceptors (Lipinski definition) is 4. The summed E-state index contributed by atoms with van der Waals surface area (Å²) >= 11 is 0. The molecule has 4 nitrogen and oxygen atoms in total. The first-order valence-electron chi connectivity index (χ1n) is 6.26. The molecule has 4 heteroatoms. The van der Waals surface area contributed by atoms with Crippen LogP contribution in [0.25, 0.3) is 11.0 Å². The van der Waals surface area contributed by atoms with E-state index in [-0.39, 0.29) is 11.5 Å². The highest BCUT2D eigenvalue weighted by Crippen LogP contribution is 2.32. The van der Waals surface area contributed by atoms with Crippen LogP contribution in [0.3, 0.4) is 0 Å². The lowest BCUT2D eigenvalue weighted by atomic mass is 10.2. The Labute approximate surface area is 111 Å². The van der Waals surface area contributed by atoms with Crippen LogP contribution in [0.5, 0.6) is 5.75 Å². The Kier molecular flexibility index (Phi) is 4.19. The van der Waals surface area contributed by atoms with Gasteiger partial charge in [-0.25, -0.2) is 0 Å². The third-order valence-corrected chi connectivity index (χ3v) is 2.82. The van der Waals surface area contributed by atoms with Gasteiger partial charge in [-0.1, -0.05) is 12.1 Å². The molecule has 98 valence electrons. The third-order valence-electron chi connectivity index (χ3n) is 2.82. The molecule has 1 heterocycles. The molecule has 0 amide bonds.